The van der Waals surface area contributed by atoms with Crippen LogP contribution in [-0.2, 0) is 67.2 Å². The van der Waals surface area contributed by atoms with Crippen LogP contribution in [0, 0.1) is 0 Å². The van der Waals surface area contributed by atoms with E-state index in [-0.39, 0.29) is 102 Å². The third-order valence-electron chi connectivity index (χ3n) is 16.7. The van der Waals surface area contributed by atoms with E-state index < -0.39 is 77.4 Å². The van der Waals surface area contributed by atoms with Gasteiger partial charge in [0, 0.05) is 44.6 Å². The zero-order chi connectivity index (χ0) is 70.7. The molecule has 22 heteroatoms. The van der Waals surface area contributed by atoms with Crippen LogP contribution in [0.4, 0.5) is 19.2 Å². The van der Waals surface area contributed by atoms with E-state index in [1.165, 1.54) is 0 Å². The van der Waals surface area contributed by atoms with Crippen LogP contribution in [0.5, 0.6) is 0 Å². The number of nitrogens with one attached hydrogen (secondary N) is 8. The SMILES string of the molecule is CC(C)(C)OC(=O)N[C@@H](CCCCNC(=O)OCC1c2ccccc2-c2ccccc21)C(=O)NCCCC[C@H](NC(=O)[C@H](CCCCNC(=O)OCC1c2ccccc2-c2ccccc21)NC(=O)OC(C)(C)C)C(=O)NCCC(=O)OCc1ccc(CC(=O)NCc2ccccc2)cc1. The Bertz CT molecular complexity index is 3630. The molecule has 8 amide bonds. The molecule has 0 heterocycles. The van der Waals surface area contributed by atoms with Gasteiger partial charge in [-0.2, -0.15) is 0 Å². The highest BCUT2D eigenvalue weighted by Crippen LogP contribution is 2.46. The first-order valence-electron chi connectivity index (χ1n) is 34.1. The van der Waals surface area contributed by atoms with E-state index in [4.69, 9.17) is 23.7 Å². The molecule has 6 aromatic rings. The Hall–Kier alpha value is -10.3. The van der Waals surface area contributed by atoms with E-state index in [2.05, 4.69) is 66.8 Å². The predicted octanol–water partition coefficient (Wildman–Crippen LogP) is 11.1. The fraction of sp³-hybridized carbons (Fsp3) is 0.416. The van der Waals surface area contributed by atoms with Crippen LogP contribution in [0.25, 0.3) is 22.3 Å². The van der Waals surface area contributed by atoms with E-state index in [0.29, 0.717) is 44.2 Å². The molecule has 0 unspecified atom stereocenters. The topological polar surface area (TPSA) is 296 Å². The predicted molar refractivity (Wildman–Crippen MR) is 375 cm³/mol. The van der Waals surface area contributed by atoms with Crippen molar-refractivity contribution in [3.63, 3.8) is 0 Å². The molecular weight excluding hydrogens is 1260 g/mol. The lowest BCUT2D eigenvalue weighted by molar-refractivity contribution is -0.145. The normalized spacial score (nSPS) is 13.1. The Labute approximate surface area is 579 Å². The standard InChI is InChI=1S/C77H94N8O14/c1-76(2,3)98-74(93)84-65(35-19-22-43-80-72(91)96-49-62-58-30-14-10-26-54(58)55-27-11-15-31-59(55)62)70(89)78-42-21-18-34-64(69(88)79-45-41-68(87)95-48-53-39-37-51(38-40-53)46-67(86)82-47-52-24-8-7-9-25-52)83-71(90)66(85-75(94)99-77(4,5)6)36-20-23-44-81-73(92)97-50-63-60-32-16-12-28-56(60)57-29-13-17-33-61(57)63/h7-17,24-33,37-40,62-66H,18-23,34-36,41-50H2,1-6H3,(H,78,89)(H,79,88)(H,80,91)(H,81,92)(H,82,86)(H,83,90)(H,84,93)(H,85,94)/t64-,65-,66-/m0/s1. The summed E-state index contributed by atoms with van der Waals surface area (Å²) in [6.07, 6.45) is -0.276. The summed E-state index contributed by atoms with van der Waals surface area (Å²) in [6.45, 7) is 11.2. The number of hydrogen-bond acceptors (Lipinski definition) is 14. The molecule has 8 N–H and O–H groups in total. The highest BCUT2D eigenvalue weighted by atomic mass is 16.6. The smallest absolute Gasteiger partial charge is 0.408 e. The number of benzene rings is 6. The zero-order valence-corrected chi connectivity index (χ0v) is 57.5. The van der Waals surface area contributed by atoms with Crippen molar-refractivity contribution in [2.45, 2.75) is 166 Å². The number of unbranched alkanes of at least 4 members (excludes halogenated alkanes) is 3. The Morgan fingerprint density at radius 1 is 0.374 bits per heavy atom. The first-order chi connectivity index (χ1) is 47.6. The van der Waals surface area contributed by atoms with E-state index in [0.717, 1.165) is 55.6 Å². The summed E-state index contributed by atoms with van der Waals surface area (Å²) in [5, 5.41) is 22.3. The molecular formula is C77H94N8O14. The van der Waals surface area contributed by atoms with Crippen LogP contribution in [0.3, 0.4) is 0 Å². The summed E-state index contributed by atoms with van der Waals surface area (Å²) in [6, 6.07) is 45.5. The average Bonchev–Trinajstić information content (AvgIpc) is 1.63. The maximum Gasteiger partial charge on any atom is 0.408 e. The fourth-order valence-electron chi connectivity index (χ4n) is 11.9. The second kappa shape index (κ2) is 36.9. The van der Waals surface area contributed by atoms with Gasteiger partial charge in [0.25, 0.3) is 0 Å². The van der Waals surface area contributed by atoms with Gasteiger partial charge in [0.15, 0.2) is 0 Å². The third kappa shape index (κ3) is 24.1. The molecule has 0 saturated heterocycles. The van der Waals surface area contributed by atoms with Crippen molar-refractivity contribution in [2.24, 2.45) is 0 Å². The number of amides is 8. The molecule has 6 aromatic carbocycles. The Balaban J connectivity index is 0.831. The van der Waals surface area contributed by atoms with Crippen LogP contribution in [0.15, 0.2) is 152 Å². The Kier molecular flexibility index (Phi) is 27.8. The van der Waals surface area contributed by atoms with Gasteiger partial charge in [-0.15, -0.1) is 0 Å². The van der Waals surface area contributed by atoms with Crippen molar-refractivity contribution < 1.29 is 66.8 Å². The second-order valence-electron chi connectivity index (χ2n) is 26.7. The number of ether oxygens (including phenoxy) is 5. The number of rotatable bonds is 34. The first-order valence-corrected chi connectivity index (χ1v) is 34.1. The highest BCUT2D eigenvalue weighted by Gasteiger charge is 2.33. The largest absolute Gasteiger partial charge is 0.461 e. The van der Waals surface area contributed by atoms with Crippen LogP contribution >= 0.6 is 0 Å². The maximum atomic E-state index is 14.3. The lowest BCUT2D eigenvalue weighted by Gasteiger charge is -2.25. The van der Waals surface area contributed by atoms with Crippen molar-refractivity contribution in [1.82, 2.24) is 42.5 Å². The molecule has 0 aromatic heterocycles. The van der Waals surface area contributed by atoms with Gasteiger partial charge < -0.3 is 66.2 Å². The van der Waals surface area contributed by atoms with Crippen LogP contribution in [0.2, 0.25) is 0 Å². The molecule has 8 rings (SSSR count). The molecule has 3 atom stereocenters. The second-order valence-corrected chi connectivity index (χ2v) is 26.7. The van der Waals surface area contributed by atoms with Crippen LogP contribution in [-0.4, -0.2) is 123 Å². The van der Waals surface area contributed by atoms with E-state index in [1.54, 1.807) is 65.8 Å². The molecule has 2 aliphatic carbocycles. The number of carbonyl (C=O) groups is 9. The summed E-state index contributed by atoms with van der Waals surface area (Å²) in [7, 11) is 0. The number of esters is 1. The molecule has 0 spiro atoms. The van der Waals surface area contributed by atoms with Gasteiger partial charge in [0.05, 0.1) is 12.8 Å². The van der Waals surface area contributed by atoms with Crippen molar-refractivity contribution >= 4 is 54.0 Å². The minimum Gasteiger partial charge on any atom is -0.461 e. The zero-order valence-electron chi connectivity index (χ0n) is 57.5. The van der Waals surface area contributed by atoms with Gasteiger partial charge in [-0.05, 0) is 161 Å². The third-order valence-corrected chi connectivity index (χ3v) is 16.7. The summed E-state index contributed by atoms with van der Waals surface area (Å²) in [5.74, 6) is -2.76. The Morgan fingerprint density at radius 2 is 0.758 bits per heavy atom. The molecule has 0 fully saturated rings. The summed E-state index contributed by atoms with van der Waals surface area (Å²) < 4.78 is 27.9. The Morgan fingerprint density at radius 3 is 1.20 bits per heavy atom. The highest BCUT2D eigenvalue weighted by molar-refractivity contribution is 5.92. The quantitative estimate of drug-likeness (QED) is 0.0106. The molecule has 0 aliphatic heterocycles. The van der Waals surface area contributed by atoms with Crippen molar-refractivity contribution in [3.05, 3.63) is 191 Å². The van der Waals surface area contributed by atoms with Crippen molar-refractivity contribution in [2.75, 3.05) is 39.4 Å². The number of carbonyl (C=O) groups excluding carboxylic acids is 9. The van der Waals surface area contributed by atoms with Crippen LogP contribution in [0.1, 0.15) is 157 Å². The van der Waals surface area contributed by atoms with E-state index in [1.807, 2.05) is 103 Å². The summed E-state index contributed by atoms with van der Waals surface area (Å²) >= 11 is 0. The van der Waals surface area contributed by atoms with Crippen LogP contribution < -0.4 is 42.5 Å². The van der Waals surface area contributed by atoms with Gasteiger partial charge in [0.1, 0.15) is 49.1 Å². The van der Waals surface area contributed by atoms with Crippen molar-refractivity contribution in [3.8, 4) is 22.3 Å². The van der Waals surface area contributed by atoms with Gasteiger partial charge >= 0.3 is 30.3 Å². The molecule has 0 saturated carbocycles. The fourth-order valence-corrected chi connectivity index (χ4v) is 11.9. The molecule has 0 bridgehead atoms. The molecule has 22 nitrogen and oxygen atoms in total. The summed E-state index contributed by atoms with van der Waals surface area (Å²) in [4.78, 5) is 120. The van der Waals surface area contributed by atoms with Gasteiger partial charge in [-0.3, -0.25) is 24.0 Å². The number of fused-ring (bicyclic) bond motifs is 6. The molecule has 2 aliphatic rings. The average molecular weight is 1360 g/mol. The number of hydrogen-bond donors (Lipinski definition) is 8. The lowest BCUT2D eigenvalue weighted by Crippen LogP contribution is -2.54. The molecule has 99 heavy (non-hydrogen) atoms. The van der Waals surface area contributed by atoms with Gasteiger partial charge in [-0.1, -0.05) is 152 Å². The number of alkyl carbamates (subject to hydrolysis) is 4. The van der Waals surface area contributed by atoms with E-state index >= 15 is 0 Å². The van der Waals surface area contributed by atoms with Gasteiger partial charge in [-0.25, -0.2) is 19.2 Å². The van der Waals surface area contributed by atoms with E-state index in [9.17, 15) is 43.2 Å². The minimum atomic E-state index is -1.19. The molecule has 0 radical (unpaired) electrons. The monoisotopic (exact) mass is 1350 g/mol. The molecule has 526 valence electrons. The first kappa shape index (κ1) is 74.5. The summed E-state index contributed by atoms with van der Waals surface area (Å²) in [5.41, 5.74) is 9.49. The lowest BCUT2D eigenvalue weighted by atomic mass is 9.98. The maximum absolute atomic E-state index is 14.3. The minimum absolute atomic E-state index is 0.0546. The van der Waals surface area contributed by atoms with Gasteiger partial charge in [0.2, 0.25) is 23.6 Å². The van der Waals surface area contributed by atoms with Crippen molar-refractivity contribution in [1.29, 1.82) is 0 Å².